The summed E-state index contributed by atoms with van der Waals surface area (Å²) in [6.45, 7) is 3.10. The predicted molar refractivity (Wildman–Crippen MR) is 111 cm³/mol. The second-order valence-corrected chi connectivity index (χ2v) is 7.78. The Morgan fingerprint density at radius 3 is 2.46 bits per heavy atom. The first-order valence-electron chi connectivity index (χ1n) is 9.92. The zero-order chi connectivity index (χ0) is 18.9. The molecule has 0 radical (unpaired) electrons. The molecule has 3 aromatic rings. The van der Waals surface area contributed by atoms with Crippen molar-refractivity contribution in [2.75, 3.05) is 20.2 Å². The molecule has 4 heteroatoms. The SMILES string of the molecule is COc1ccccc1CN1C[C@@H]2N[C@H](C1)C2c1ccc(-c2cccnc2)cc1. The van der Waals surface area contributed by atoms with Gasteiger partial charge in [0, 0.05) is 55.6 Å². The Bertz CT molecular complexity index is 930. The second kappa shape index (κ2) is 7.38. The van der Waals surface area contributed by atoms with Crippen molar-refractivity contribution in [3.8, 4) is 16.9 Å². The van der Waals surface area contributed by atoms with E-state index in [2.05, 4.69) is 57.7 Å². The van der Waals surface area contributed by atoms with E-state index in [9.17, 15) is 0 Å². The number of fused-ring (bicyclic) bond motifs is 2. The fourth-order valence-corrected chi connectivity index (χ4v) is 4.71. The van der Waals surface area contributed by atoms with Crippen LogP contribution >= 0.6 is 0 Å². The van der Waals surface area contributed by atoms with Crippen LogP contribution in [0, 0.1) is 0 Å². The maximum Gasteiger partial charge on any atom is 0.123 e. The molecule has 4 nitrogen and oxygen atoms in total. The fourth-order valence-electron chi connectivity index (χ4n) is 4.71. The summed E-state index contributed by atoms with van der Waals surface area (Å²) in [5.41, 5.74) is 5.11. The lowest BCUT2D eigenvalue weighted by molar-refractivity contribution is 0.0466. The highest BCUT2D eigenvalue weighted by Gasteiger charge is 2.46. The first kappa shape index (κ1) is 17.4. The highest BCUT2D eigenvalue weighted by molar-refractivity contribution is 5.62. The Balaban J connectivity index is 1.26. The lowest BCUT2D eigenvalue weighted by Crippen LogP contribution is -2.71. The van der Waals surface area contributed by atoms with Crippen molar-refractivity contribution in [1.29, 1.82) is 0 Å². The number of nitrogens with one attached hydrogen (secondary N) is 1. The van der Waals surface area contributed by atoms with Gasteiger partial charge < -0.3 is 10.1 Å². The van der Waals surface area contributed by atoms with Crippen molar-refractivity contribution in [1.82, 2.24) is 15.2 Å². The smallest absolute Gasteiger partial charge is 0.123 e. The average molecular weight is 371 g/mol. The summed E-state index contributed by atoms with van der Waals surface area (Å²) in [5, 5.41) is 3.74. The lowest BCUT2D eigenvalue weighted by atomic mass is 9.74. The van der Waals surface area contributed by atoms with Crippen LogP contribution in [0.3, 0.4) is 0 Å². The Morgan fingerprint density at radius 2 is 1.75 bits per heavy atom. The molecule has 142 valence electrons. The molecule has 3 saturated heterocycles. The molecule has 3 aliphatic rings. The van der Waals surface area contributed by atoms with Crippen molar-refractivity contribution in [3.05, 3.63) is 84.2 Å². The predicted octanol–water partition coefficient (Wildman–Crippen LogP) is 3.70. The summed E-state index contributed by atoms with van der Waals surface area (Å²) >= 11 is 0. The van der Waals surface area contributed by atoms with E-state index in [0.717, 1.165) is 25.4 Å². The minimum absolute atomic E-state index is 0.526. The zero-order valence-corrected chi connectivity index (χ0v) is 16.1. The molecule has 1 aromatic heterocycles. The molecule has 3 fully saturated rings. The van der Waals surface area contributed by atoms with Gasteiger partial charge in [-0.1, -0.05) is 48.5 Å². The van der Waals surface area contributed by atoms with Crippen LogP contribution in [-0.4, -0.2) is 42.2 Å². The lowest BCUT2D eigenvalue weighted by Gasteiger charge is -2.55. The van der Waals surface area contributed by atoms with Gasteiger partial charge in [-0.15, -0.1) is 0 Å². The van der Waals surface area contributed by atoms with Crippen molar-refractivity contribution < 1.29 is 4.74 Å². The van der Waals surface area contributed by atoms with Gasteiger partial charge in [0.25, 0.3) is 0 Å². The number of hydrogen-bond acceptors (Lipinski definition) is 4. The molecule has 1 N–H and O–H groups in total. The van der Waals surface area contributed by atoms with Crippen LogP contribution in [0.15, 0.2) is 73.1 Å². The van der Waals surface area contributed by atoms with Crippen LogP contribution in [0.1, 0.15) is 17.0 Å². The van der Waals surface area contributed by atoms with Crippen LogP contribution in [0.25, 0.3) is 11.1 Å². The van der Waals surface area contributed by atoms with E-state index >= 15 is 0 Å². The Kier molecular flexibility index (Phi) is 4.59. The quantitative estimate of drug-likeness (QED) is 0.742. The third-order valence-electron chi connectivity index (χ3n) is 6.08. The number of piperazine rings is 1. The number of piperidine rings is 1. The molecule has 0 spiro atoms. The molecule has 4 heterocycles. The molecule has 0 saturated carbocycles. The van der Waals surface area contributed by atoms with E-state index in [1.165, 1.54) is 22.3 Å². The number of hydrogen-bond donors (Lipinski definition) is 1. The Morgan fingerprint density at radius 1 is 0.964 bits per heavy atom. The third kappa shape index (κ3) is 3.19. The van der Waals surface area contributed by atoms with E-state index in [1.807, 2.05) is 30.6 Å². The molecule has 28 heavy (non-hydrogen) atoms. The standard InChI is InChI=1S/C24H25N3O/c1-28-23-7-3-2-5-20(23)14-27-15-21-24(22(16-27)26-21)18-10-8-17(9-11-18)19-6-4-12-25-13-19/h2-13,21-22,24,26H,14-16H2,1H3/t21-,22+,24?. The summed E-state index contributed by atoms with van der Waals surface area (Å²) in [5.74, 6) is 1.59. The van der Waals surface area contributed by atoms with Crippen molar-refractivity contribution in [2.45, 2.75) is 24.5 Å². The number of pyridine rings is 1. The number of aromatic nitrogens is 1. The largest absolute Gasteiger partial charge is 0.496 e. The minimum atomic E-state index is 0.526. The number of methoxy groups -OCH3 is 1. The average Bonchev–Trinajstić information content (AvgIpc) is 2.75. The normalized spacial score (nSPS) is 23.8. The number of rotatable bonds is 5. The topological polar surface area (TPSA) is 37.4 Å². The molecule has 0 aliphatic carbocycles. The number of ether oxygens (including phenoxy) is 1. The van der Waals surface area contributed by atoms with Crippen LogP contribution in [0.4, 0.5) is 0 Å². The van der Waals surface area contributed by atoms with Gasteiger partial charge in [-0.2, -0.15) is 0 Å². The molecule has 2 aromatic carbocycles. The van der Waals surface area contributed by atoms with Crippen molar-refractivity contribution in [2.24, 2.45) is 0 Å². The van der Waals surface area contributed by atoms with E-state index in [0.29, 0.717) is 18.0 Å². The molecule has 1 unspecified atom stereocenters. The summed E-state index contributed by atoms with van der Waals surface area (Å²) in [6.07, 6.45) is 3.74. The monoisotopic (exact) mass is 371 g/mol. The summed E-state index contributed by atoms with van der Waals surface area (Å²) in [7, 11) is 1.75. The maximum atomic E-state index is 5.52. The van der Waals surface area contributed by atoms with E-state index in [4.69, 9.17) is 4.74 Å². The van der Waals surface area contributed by atoms with Gasteiger partial charge in [0.2, 0.25) is 0 Å². The van der Waals surface area contributed by atoms with Gasteiger partial charge in [-0.25, -0.2) is 0 Å². The highest BCUT2D eigenvalue weighted by Crippen LogP contribution is 2.38. The molecule has 2 bridgehead atoms. The Labute approximate surface area is 166 Å². The zero-order valence-electron chi connectivity index (χ0n) is 16.1. The Hall–Kier alpha value is -2.69. The summed E-state index contributed by atoms with van der Waals surface area (Å²) in [6, 6.07) is 22.5. The van der Waals surface area contributed by atoms with Gasteiger partial charge in [-0.05, 0) is 28.8 Å². The minimum Gasteiger partial charge on any atom is -0.496 e. The number of para-hydroxylation sites is 1. The van der Waals surface area contributed by atoms with Gasteiger partial charge in [0.05, 0.1) is 7.11 Å². The maximum absolute atomic E-state index is 5.52. The van der Waals surface area contributed by atoms with E-state index in [1.54, 1.807) is 7.11 Å². The van der Waals surface area contributed by atoms with E-state index < -0.39 is 0 Å². The molecular weight excluding hydrogens is 346 g/mol. The van der Waals surface area contributed by atoms with Gasteiger partial charge in [0.15, 0.2) is 0 Å². The van der Waals surface area contributed by atoms with Crippen LogP contribution in [0.5, 0.6) is 5.75 Å². The van der Waals surface area contributed by atoms with Crippen molar-refractivity contribution >= 4 is 0 Å². The fraction of sp³-hybridized carbons (Fsp3) is 0.292. The van der Waals surface area contributed by atoms with Crippen LogP contribution in [0.2, 0.25) is 0 Å². The van der Waals surface area contributed by atoms with Crippen LogP contribution < -0.4 is 10.1 Å². The number of nitrogens with zero attached hydrogens (tertiary/aromatic N) is 2. The first-order valence-corrected chi connectivity index (χ1v) is 9.92. The molecular formula is C24H25N3O. The highest BCUT2D eigenvalue weighted by atomic mass is 16.5. The third-order valence-corrected chi connectivity index (χ3v) is 6.08. The van der Waals surface area contributed by atoms with Crippen molar-refractivity contribution in [3.63, 3.8) is 0 Å². The number of benzene rings is 2. The summed E-state index contributed by atoms with van der Waals surface area (Å²) < 4.78 is 5.52. The molecule has 3 aliphatic heterocycles. The van der Waals surface area contributed by atoms with E-state index in [-0.39, 0.29) is 0 Å². The molecule has 0 amide bonds. The summed E-state index contributed by atoms with van der Waals surface area (Å²) in [4.78, 5) is 6.77. The van der Waals surface area contributed by atoms with Gasteiger partial charge >= 0.3 is 0 Å². The van der Waals surface area contributed by atoms with Gasteiger partial charge in [-0.3, -0.25) is 9.88 Å². The first-order chi connectivity index (χ1) is 13.8. The second-order valence-electron chi connectivity index (χ2n) is 7.78. The molecule has 3 atom stereocenters. The molecule has 6 rings (SSSR count). The van der Waals surface area contributed by atoms with Gasteiger partial charge in [0.1, 0.15) is 5.75 Å². The van der Waals surface area contributed by atoms with Crippen LogP contribution in [-0.2, 0) is 6.54 Å².